The first-order valence-electron chi connectivity index (χ1n) is 7.06. The number of rotatable bonds is 7. The Balaban J connectivity index is 2.19. The molecule has 0 saturated carbocycles. The summed E-state index contributed by atoms with van der Waals surface area (Å²) in [5.74, 6) is 0.666. The van der Waals surface area contributed by atoms with Crippen LogP contribution in [0.1, 0.15) is 37.1 Å². The maximum Gasteiger partial charge on any atom is 0.125 e. The number of hydrogen-bond acceptors (Lipinski definition) is 4. The third-order valence-electron chi connectivity index (χ3n) is 3.22. The smallest absolute Gasteiger partial charge is 0.125 e. The zero-order chi connectivity index (χ0) is 15.2. The maximum absolute atomic E-state index is 10.6. The molecule has 1 aromatic heterocycles. The van der Waals surface area contributed by atoms with E-state index in [1.54, 1.807) is 13.3 Å². The molecular weight excluding hydrogens is 268 g/mol. The van der Waals surface area contributed by atoms with Crippen LogP contribution in [0, 0.1) is 0 Å². The molecule has 5 heteroatoms. The summed E-state index contributed by atoms with van der Waals surface area (Å²) in [6.45, 7) is 5.05. The van der Waals surface area contributed by atoms with Gasteiger partial charge < -0.3 is 14.6 Å². The van der Waals surface area contributed by atoms with Gasteiger partial charge in [0.15, 0.2) is 0 Å². The molecule has 0 spiro atoms. The van der Waals surface area contributed by atoms with E-state index in [1.165, 1.54) is 0 Å². The highest BCUT2D eigenvalue weighted by molar-refractivity contribution is 5.39. The van der Waals surface area contributed by atoms with Crippen molar-refractivity contribution in [3.8, 4) is 5.75 Å². The second kappa shape index (κ2) is 7.24. The first-order chi connectivity index (χ1) is 10.1. The molecule has 2 aromatic rings. The van der Waals surface area contributed by atoms with E-state index in [-0.39, 0.29) is 6.04 Å². The summed E-state index contributed by atoms with van der Waals surface area (Å²) in [6.07, 6.45) is 2.80. The standard InChI is InChI=1S/C16H22N2O3/c1-12(2)18-11-13(10-17-18)16(19)14-6-4-5-7-15(14)21-9-8-20-3/h4-7,10-12,16,19H,8-9H2,1-3H3. The second-order valence-corrected chi connectivity index (χ2v) is 5.13. The van der Waals surface area contributed by atoms with Crippen LogP contribution in [0.25, 0.3) is 0 Å². The Hall–Kier alpha value is -1.85. The molecule has 0 radical (unpaired) electrons. The Kier molecular flexibility index (Phi) is 5.36. The predicted octanol–water partition coefficient (Wildman–Crippen LogP) is 2.57. The Morgan fingerprint density at radius 1 is 1.24 bits per heavy atom. The van der Waals surface area contributed by atoms with Crippen LogP contribution < -0.4 is 4.74 Å². The molecule has 0 aliphatic heterocycles. The van der Waals surface area contributed by atoms with Crippen molar-refractivity contribution in [1.82, 2.24) is 9.78 Å². The van der Waals surface area contributed by atoms with Crippen LogP contribution in [-0.2, 0) is 4.74 Å². The fourth-order valence-corrected chi connectivity index (χ4v) is 2.03. The number of nitrogens with zero attached hydrogens (tertiary/aromatic N) is 2. The van der Waals surface area contributed by atoms with Gasteiger partial charge in [-0.3, -0.25) is 4.68 Å². The molecule has 114 valence electrons. The highest BCUT2D eigenvalue weighted by atomic mass is 16.5. The lowest BCUT2D eigenvalue weighted by Crippen LogP contribution is -2.08. The van der Waals surface area contributed by atoms with E-state index in [0.717, 1.165) is 11.1 Å². The van der Waals surface area contributed by atoms with E-state index in [0.29, 0.717) is 19.0 Å². The van der Waals surface area contributed by atoms with E-state index in [9.17, 15) is 5.11 Å². The minimum Gasteiger partial charge on any atom is -0.491 e. The van der Waals surface area contributed by atoms with Gasteiger partial charge in [-0.15, -0.1) is 0 Å². The van der Waals surface area contributed by atoms with Crippen LogP contribution in [0.5, 0.6) is 5.75 Å². The van der Waals surface area contributed by atoms with Crippen LogP contribution in [0.2, 0.25) is 0 Å². The third-order valence-corrected chi connectivity index (χ3v) is 3.22. The van der Waals surface area contributed by atoms with Gasteiger partial charge in [0, 0.05) is 30.5 Å². The first-order valence-corrected chi connectivity index (χ1v) is 7.06. The van der Waals surface area contributed by atoms with Gasteiger partial charge in [-0.05, 0) is 19.9 Å². The third kappa shape index (κ3) is 3.83. The Bertz CT molecular complexity index is 566. The van der Waals surface area contributed by atoms with Crippen molar-refractivity contribution < 1.29 is 14.6 Å². The topological polar surface area (TPSA) is 56.5 Å². The number of aliphatic hydroxyl groups is 1. The molecule has 0 saturated heterocycles. The van der Waals surface area contributed by atoms with Crippen LogP contribution in [0.4, 0.5) is 0 Å². The summed E-state index contributed by atoms with van der Waals surface area (Å²) in [6, 6.07) is 7.74. The number of para-hydroxylation sites is 1. The normalized spacial score (nSPS) is 12.6. The van der Waals surface area contributed by atoms with Gasteiger partial charge in [0.25, 0.3) is 0 Å². The molecule has 2 rings (SSSR count). The maximum atomic E-state index is 10.6. The van der Waals surface area contributed by atoms with Crippen LogP contribution in [-0.4, -0.2) is 35.2 Å². The van der Waals surface area contributed by atoms with Gasteiger partial charge >= 0.3 is 0 Å². The van der Waals surface area contributed by atoms with E-state index >= 15 is 0 Å². The average molecular weight is 290 g/mol. The summed E-state index contributed by atoms with van der Waals surface area (Å²) < 4.78 is 12.5. The zero-order valence-corrected chi connectivity index (χ0v) is 12.7. The van der Waals surface area contributed by atoms with Gasteiger partial charge in [-0.25, -0.2) is 0 Å². The van der Waals surface area contributed by atoms with Gasteiger partial charge in [-0.2, -0.15) is 5.10 Å². The highest BCUT2D eigenvalue weighted by Gasteiger charge is 2.17. The van der Waals surface area contributed by atoms with Crippen molar-refractivity contribution in [1.29, 1.82) is 0 Å². The minimum absolute atomic E-state index is 0.263. The summed E-state index contributed by atoms with van der Waals surface area (Å²) in [4.78, 5) is 0. The van der Waals surface area contributed by atoms with Crippen molar-refractivity contribution in [2.75, 3.05) is 20.3 Å². The molecule has 0 fully saturated rings. The van der Waals surface area contributed by atoms with E-state index in [1.807, 2.05) is 49.0 Å². The zero-order valence-electron chi connectivity index (χ0n) is 12.7. The molecule has 1 unspecified atom stereocenters. The summed E-state index contributed by atoms with van der Waals surface area (Å²) in [5, 5.41) is 14.8. The molecule has 1 heterocycles. The number of aromatic nitrogens is 2. The predicted molar refractivity (Wildman–Crippen MR) is 80.5 cm³/mol. The SMILES string of the molecule is COCCOc1ccccc1C(O)c1cnn(C(C)C)c1. The molecule has 0 aliphatic carbocycles. The highest BCUT2D eigenvalue weighted by Crippen LogP contribution is 2.30. The molecule has 0 bridgehead atoms. The summed E-state index contributed by atoms with van der Waals surface area (Å²) in [7, 11) is 1.63. The first kappa shape index (κ1) is 15.5. The molecular formula is C16H22N2O3. The van der Waals surface area contributed by atoms with E-state index < -0.39 is 6.10 Å². The number of benzene rings is 1. The molecule has 1 N–H and O–H groups in total. The van der Waals surface area contributed by atoms with Crippen LogP contribution >= 0.6 is 0 Å². The molecule has 0 aliphatic rings. The number of aliphatic hydroxyl groups excluding tert-OH is 1. The number of ether oxygens (including phenoxy) is 2. The fourth-order valence-electron chi connectivity index (χ4n) is 2.03. The van der Waals surface area contributed by atoms with Crippen molar-refractivity contribution in [2.45, 2.75) is 26.0 Å². The Morgan fingerprint density at radius 3 is 2.67 bits per heavy atom. The van der Waals surface area contributed by atoms with Gasteiger partial charge in [-0.1, -0.05) is 18.2 Å². The summed E-state index contributed by atoms with van der Waals surface area (Å²) in [5.41, 5.74) is 1.49. The lowest BCUT2D eigenvalue weighted by atomic mass is 10.0. The molecule has 5 nitrogen and oxygen atoms in total. The Labute approximate surface area is 125 Å². The average Bonchev–Trinajstić information content (AvgIpc) is 2.97. The van der Waals surface area contributed by atoms with Crippen molar-refractivity contribution in [3.05, 3.63) is 47.8 Å². The Morgan fingerprint density at radius 2 is 2.00 bits per heavy atom. The van der Waals surface area contributed by atoms with Gasteiger partial charge in [0.1, 0.15) is 18.5 Å². The minimum atomic E-state index is -0.753. The van der Waals surface area contributed by atoms with Crippen LogP contribution in [0.3, 0.4) is 0 Å². The number of hydrogen-bond donors (Lipinski definition) is 1. The number of methoxy groups -OCH3 is 1. The second-order valence-electron chi connectivity index (χ2n) is 5.13. The van der Waals surface area contributed by atoms with E-state index in [2.05, 4.69) is 5.10 Å². The molecule has 21 heavy (non-hydrogen) atoms. The molecule has 0 amide bonds. The van der Waals surface area contributed by atoms with Gasteiger partial charge in [0.05, 0.1) is 12.8 Å². The molecule has 1 aromatic carbocycles. The molecule has 1 atom stereocenters. The lowest BCUT2D eigenvalue weighted by Gasteiger charge is -2.15. The summed E-state index contributed by atoms with van der Waals surface area (Å²) >= 11 is 0. The van der Waals surface area contributed by atoms with Crippen molar-refractivity contribution >= 4 is 0 Å². The monoisotopic (exact) mass is 290 g/mol. The largest absolute Gasteiger partial charge is 0.491 e. The van der Waals surface area contributed by atoms with Crippen LogP contribution in [0.15, 0.2) is 36.7 Å². The van der Waals surface area contributed by atoms with E-state index in [4.69, 9.17) is 9.47 Å². The van der Waals surface area contributed by atoms with Crippen molar-refractivity contribution in [3.63, 3.8) is 0 Å². The van der Waals surface area contributed by atoms with Crippen molar-refractivity contribution in [2.24, 2.45) is 0 Å². The van der Waals surface area contributed by atoms with Gasteiger partial charge in [0.2, 0.25) is 0 Å². The lowest BCUT2D eigenvalue weighted by molar-refractivity contribution is 0.142. The fraction of sp³-hybridized carbons (Fsp3) is 0.438. The quantitative estimate of drug-likeness (QED) is 0.796.